The predicted octanol–water partition coefficient (Wildman–Crippen LogP) is 3.88. The molecule has 30 heavy (non-hydrogen) atoms. The van der Waals surface area contributed by atoms with E-state index in [1.807, 2.05) is 10.9 Å². The number of hydrogen-bond donors (Lipinski definition) is 2. The third kappa shape index (κ3) is 2.58. The van der Waals surface area contributed by atoms with Gasteiger partial charge in [-0.2, -0.15) is 10.2 Å². The van der Waals surface area contributed by atoms with Gasteiger partial charge in [-0.15, -0.1) is 4.68 Å². The van der Waals surface area contributed by atoms with Crippen molar-refractivity contribution < 1.29 is 4.68 Å². The minimum atomic E-state index is -0.351. The molecule has 1 saturated carbocycles. The number of nitrogens with zero attached hydrogens (tertiary/aromatic N) is 5. The van der Waals surface area contributed by atoms with Gasteiger partial charge in [0.25, 0.3) is 5.52 Å². The van der Waals surface area contributed by atoms with E-state index in [1.54, 1.807) is 0 Å². The summed E-state index contributed by atoms with van der Waals surface area (Å²) in [4.78, 5) is 0. The summed E-state index contributed by atoms with van der Waals surface area (Å²) < 4.78 is 4.05. The Labute approximate surface area is 173 Å². The SMILES string of the molecule is Cc1ccc2c(cnn2-c2ccc3c(c2)n[nH][n+]3C(C)(C)c2cc(C3CC3)[nH]n2)c1. The summed E-state index contributed by atoms with van der Waals surface area (Å²) in [6, 6.07) is 14.9. The Morgan fingerprint density at radius 1 is 1.07 bits per heavy atom. The first-order valence-corrected chi connectivity index (χ1v) is 10.4. The van der Waals surface area contributed by atoms with Crippen molar-refractivity contribution in [3.8, 4) is 5.69 Å². The van der Waals surface area contributed by atoms with E-state index in [-0.39, 0.29) is 5.54 Å². The van der Waals surface area contributed by atoms with Crippen molar-refractivity contribution in [1.82, 2.24) is 30.3 Å². The molecule has 0 bridgehead atoms. The standard InChI is InChI=1S/C23H23N7/c1-14-4-8-20-16(10-14)13-24-29(20)17-7-9-21-19(11-17)26-28-30(21)23(2,3)22-12-18(25-27-22)15-5-6-15/h4,7-13,15H,5-6H2,1-3H3,(H,25,27)/p+1. The summed E-state index contributed by atoms with van der Waals surface area (Å²) in [6.07, 6.45) is 4.43. The van der Waals surface area contributed by atoms with Gasteiger partial charge in [-0.25, -0.2) is 4.68 Å². The highest BCUT2D eigenvalue weighted by atomic mass is 15.5. The third-order valence-corrected chi connectivity index (χ3v) is 6.24. The van der Waals surface area contributed by atoms with Gasteiger partial charge in [-0.1, -0.05) is 16.8 Å². The lowest BCUT2D eigenvalue weighted by Gasteiger charge is -2.17. The van der Waals surface area contributed by atoms with Crippen molar-refractivity contribution in [3.05, 3.63) is 65.6 Å². The average molecular weight is 398 g/mol. The van der Waals surface area contributed by atoms with Crippen molar-refractivity contribution in [2.24, 2.45) is 0 Å². The van der Waals surface area contributed by atoms with E-state index in [1.165, 1.54) is 24.1 Å². The van der Waals surface area contributed by atoms with Gasteiger partial charge >= 0.3 is 0 Å². The molecule has 0 amide bonds. The summed E-state index contributed by atoms with van der Waals surface area (Å²) in [6.45, 7) is 6.42. The van der Waals surface area contributed by atoms with E-state index in [2.05, 4.69) is 93.5 Å². The number of H-pyrrole nitrogens is 2. The normalized spacial score (nSPS) is 14.8. The van der Waals surface area contributed by atoms with Crippen LogP contribution in [0.4, 0.5) is 0 Å². The molecular formula is C23H24N7+. The molecule has 0 aliphatic heterocycles. The van der Waals surface area contributed by atoms with E-state index < -0.39 is 0 Å². The van der Waals surface area contributed by atoms with E-state index in [9.17, 15) is 0 Å². The highest BCUT2D eigenvalue weighted by Crippen LogP contribution is 2.39. The molecule has 0 radical (unpaired) electrons. The molecule has 1 fully saturated rings. The maximum absolute atomic E-state index is 4.60. The first-order chi connectivity index (χ1) is 14.5. The van der Waals surface area contributed by atoms with Crippen molar-refractivity contribution in [1.29, 1.82) is 0 Å². The molecule has 1 aliphatic carbocycles. The maximum atomic E-state index is 4.60. The topological polar surface area (TPSA) is 79.1 Å². The second-order valence-electron chi connectivity index (χ2n) is 8.88. The van der Waals surface area contributed by atoms with Gasteiger partial charge in [0.1, 0.15) is 5.69 Å². The minimum Gasteiger partial charge on any atom is -0.282 e. The largest absolute Gasteiger partial charge is 0.282 e. The van der Waals surface area contributed by atoms with Crippen LogP contribution in [0.15, 0.2) is 48.7 Å². The molecule has 2 aromatic carbocycles. The molecule has 5 aromatic rings. The number of benzene rings is 2. The van der Waals surface area contributed by atoms with Crippen LogP contribution in [0.1, 0.15) is 49.6 Å². The fourth-order valence-electron chi connectivity index (χ4n) is 4.23. The molecule has 0 saturated heterocycles. The lowest BCUT2D eigenvalue weighted by Crippen LogP contribution is -2.55. The second kappa shape index (κ2) is 6.01. The van der Waals surface area contributed by atoms with Gasteiger partial charge in [0.2, 0.25) is 5.52 Å². The number of aromatic amines is 2. The Hall–Kier alpha value is -3.48. The van der Waals surface area contributed by atoms with Crippen LogP contribution in [0.2, 0.25) is 0 Å². The molecule has 3 aromatic heterocycles. The number of nitrogens with one attached hydrogen (secondary N) is 2. The van der Waals surface area contributed by atoms with Crippen LogP contribution in [-0.4, -0.2) is 30.3 Å². The van der Waals surface area contributed by atoms with Gasteiger partial charge < -0.3 is 0 Å². The molecule has 0 spiro atoms. The third-order valence-electron chi connectivity index (χ3n) is 6.24. The Morgan fingerprint density at radius 2 is 1.93 bits per heavy atom. The lowest BCUT2D eigenvalue weighted by molar-refractivity contribution is -0.778. The van der Waals surface area contributed by atoms with Gasteiger partial charge in [-0.3, -0.25) is 5.10 Å². The predicted molar refractivity (Wildman–Crippen MR) is 115 cm³/mol. The summed E-state index contributed by atoms with van der Waals surface area (Å²) >= 11 is 0. The van der Waals surface area contributed by atoms with Crippen LogP contribution in [0.25, 0.3) is 27.6 Å². The highest BCUT2D eigenvalue weighted by Gasteiger charge is 2.36. The molecule has 2 N–H and O–H groups in total. The van der Waals surface area contributed by atoms with Gasteiger partial charge in [-0.05, 0) is 63.9 Å². The fraction of sp³-hybridized carbons (Fsp3) is 0.304. The summed E-state index contributed by atoms with van der Waals surface area (Å²) in [5.41, 5.74) is 7.15. The van der Waals surface area contributed by atoms with E-state index in [0.29, 0.717) is 5.92 Å². The van der Waals surface area contributed by atoms with Crippen LogP contribution in [0.5, 0.6) is 0 Å². The van der Waals surface area contributed by atoms with E-state index in [4.69, 9.17) is 0 Å². The van der Waals surface area contributed by atoms with Gasteiger partial charge in [0, 0.05) is 28.2 Å². The zero-order chi connectivity index (χ0) is 20.5. The van der Waals surface area contributed by atoms with Gasteiger partial charge in [0.15, 0.2) is 5.54 Å². The highest BCUT2D eigenvalue weighted by molar-refractivity contribution is 5.82. The van der Waals surface area contributed by atoms with E-state index >= 15 is 0 Å². The Kier molecular flexibility index (Phi) is 3.48. The minimum absolute atomic E-state index is 0.351. The van der Waals surface area contributed by atoms with Crippen LogP contribution in [0, 0.1) is 6.92 Å². The van der Waals surface area contributed by atoms with Crippen LogP contribution in [-0.2, 0) is 5.54 Å². The Balaban J connectivity index is 1.42. The molecule has 1 aliphatic rings. The Morgan fingerprint density at radius 3 is 2.77 bits per heavy atom. The summed E-state index contributed by atoms with van der Waals surface area (Å²) in [7, 11) is 0. The van der Waals surface area contributed by atoms with Crippen LogP contribution < -0.4 is 4.68 Å². The number of aromatic nitrogens is 7. The molecule has 3 heterocycles. The van der Waals surface area contributed by atoms with E-state index in [0.717, 1.165) is 33.3 Å². The van der Waals surface area contributed by atoms with Crippen molar-refractivity contribution in [2.45, 2.75) is 45.1 Å². The number of hydrogen-bond acceptors (Lipinski definition) is 3. The maximum Gasteiger partial charge on any atom is 0.251 e. The van der Waals surface area contributed by atoms with Crippen LogP contribution in [0.3, 0.4) is 0 Å². The molecule has 150 valence electrons. The first-order valence-electron chi connectivity index (χ1n) is 10.4. The monoisotopic (exact) mass is 398 g/mol. The smallest absolute Gasteiger partial charge is 0.251 e. The van der Waals surface area contributed by atoms with Crippen LogP contribution >= 0.6 is 0 Å². The van der Waals surface area contributed by atoms with Gasteiger partial charge in [0.05, 0.1) is 17.4 Å². The molecule has 7 heteroatoms. The first kappa shape index (κ1) is 17.4. The zero-order valence-electron chi connectivity index (χ0n) is 17.3. The molecule has 7 nitrogen and oxygen atoms in total. The number of fused-ring (bicyclic) bond motifs is 2. The molecule has 0 unspecified atom stereocenters. The summed E-state index contributed by atoms with van der Waals surface area (Å²) in [5.74, 6) is 0.654. The number of aryl methyl sites for hydroxylation is 1. The lowest BCUT2D eigenvalue weighted by atomic mass is 10.00. The fourth-order valence-corrected chi connectivity index (χ4v) is 4.23. The van der Waals surface area contributed by atoms with Crippen molar-refractivity contribution >= 4 is 21.9 Å². The number of rotatable bonds is 4. The van der Waals surface area contributed by atoms with Crippen molar-refractivity contribution in [2.75, 3.05) is 0 Å². The average Bonchev–Trinajstić information content (AvgIpc) is 3.16. The quantitative estimate of drug-likeness (QED) is 0.451. The van der Waals surface area contributed by atoms with Crippen molar-refractivity contribution in [3.63, 3.8) is 0 Å². The summed E-state index contributed by atoms with van der Waals surface area (Å²) in [5, 5.41) is 21.4. The molecule has 6 rings (SSSR count). The molecular weight excluding hydrogens is 374 g/mol. The second-order valence-corrected chi connectivity index (χ2v) is 8.88. The molecule has 0 atom stereocenters. The Bertz CT molecular complexity index is 1400. The zero-order valence-corrected chi connectivity index (χ0v) is 17.3.